The summed E-state index contributed by atoms with van der Waals surface area (Å²) in [4.78, 5) is 13.7. The number of hydrogen-bond donors (Lipinski definition) is 2. The van der Waals surface area contributed by atoms with Crippen molar-refractivity contribution in [2.24, 2.45) is 5.73 Å². The molecule has 0 aliphatic carbocycles. The van der Waals surface area contributed by atoms with Gasteiger partial charge >= 0.3 is 0 Å². The third kappa shape index (κ3) is 4.96. The van der Waals surface area contributed by atoms with Crippen molar-refractivity contribution in [3.05, 3.63) is 22.4 Å². The summed E-state index contributed by atoms with van der Waals surface area (Å²) in [6, 6.07) is 0.958. The second kappa shape index (κ2) is 9.61. The molecular weight excluding hydrogens is 304 g/mol. The van der Waals surface area contributed by atoms with Gasteiger partial charge in [-0.1, -0.05) is 7.43 Å². The van der Waals surface area contributed by atoms with Crippen LogP contribution in [0, 0.1) is 0 Å². The molecule has 3 N–H and O–H groups in total. The van der Waals surface area contributed by atoms with Gasteiger partial charge in [-0.3, -0.25) is 4.79 Å². The smallest absolute Gasteiger partial charge is 0.242 e. The zero-order chi connectivity index (χ0) is 11.5. The molecule has 7 heteroatoms. The fourth-order valence-corrected chi connectivity index (χ4v) is 2.62. The number of carbonyl (C=O) groups is 1. The summed E-state index contributed by atoms with van der Waals surface area (Å²) in [5, 5.41) is 13.6. The molecule has 0 radical (unpaired) electrons. The highest BCUT2D eigenvalue weighted by Crippen LogP contribution is 2.20. The number of hydrogen-bond acceptors (Lipinski definition) is 4. The quantitative estimate of drug-likeness (QED) is 0.891. The lowest BCUT2D eigenvalue weighted by molar-refractivity contribution is -0.134. The zero-order valence-corrected chi connectivity index (χ0v) is 12.5. The average molecular weight is 327 g/mol. The van der Waals surface area contributed by atoms with Crippen molar-refractivity contribution in [3.8, 4) is 0 Å². The van der Waals surface area contributed by atoms with Gasteiger partial charge in [-0.15, -0.1) is 12.4 Å². The second-order valence-electron chi connectivity index (χ2n) is 4.06. The molecule has 1 aliphatic heterocycles. The van der Waals surface area contributed by atoms with Crippen molar-refractivity contribution in [1.29, 1.82) is 0 Å². The number of likely N-dealkylation sites (tertiary alicyclic amines) is 1. The van der Waals surface area contributed by atoms with Gasteiger partial charge in [0.25, 0.3) is 0 Å². The van der Waals surface area contributed by atoms with Crippen molar-refractivity contribution >= 4 is 43.1 Å². The number of nitrogens with zero attached hydrogens (tertiary/aromatic N) is 1. The predicted molar refractivity (Wildman–Crippen MR) is 87.4 cm³/mol. The van der Waals surface area contributed by atoms with Crippen LogP contribution in [0.1, 0.15) is 31.9 Å². The third-order valence-corrected chi connectivity index (χ3v) is 3.63. The van der Waals surface area contributed by atoms with Crippen molar-refractivity contribution in [1.82, 2.24) is 4.90 Å². The fourth-order valence-electron chi connectivity index (χ4n) is 1.93. The summed E-state index contributed by atoms with van der Waals surface area (Å²) in [5.41, 5.74) is 6.52. The van der Waals surface area contributed by atoms with Crippen molar-refractivity contribution in [2.45, 2.75) is 32.4 Å². The highest BCUT2D eigenvalue weighted by atomic mass is 35.5. The number of carbonyl (C=O) groups excluding carboxylic acids is 1. The second-order valence-corrected chi connectivity index (χ2v) is 4.84. The molecule has 1 aromatic rings. The van der Waals surface area contributed by atoms with Gasteiger partial charge in [-0.2, -0.15) is 24.8 Å². The number of nitrogens with two attached hydrogens (primary N) is 1. The van der Waals surface area contributed by atoms with Gasteiger partial charge in [-0.25, -0.2) is 0 Å². The van der Waals surface area contributed by atoms with Gasteiger partial charge in [0, 0.05) is 13.1 Å². The lowest BCUT2D eigenvalue weighted by Gasteiger charge is -2.23. The van der Waals surface area contributed by atoms with Gasteiger partial charge in [0.15, 0.2) is 0 Å². The highest BCUT2D eigenvalue weighted by molar-refractivity contribution is 7.59. The van der Waals surface area contributed by atoms with E-state index in [1.807, 2.05) is 10.8 Å². The molecule has 1 amide bonds. The van der Waals surface area contributed by atoms with Gasteiger partial charge in [0.2, 0.25) is 5.91 Å². The van der Waals surface area contributed by atoms with E-state index in [4.69, 9.17) is 5.73 Å². The third-order valence-electron chi connectivity index (χ3n) is 2.93. The SMILES string of the molecule is C.Cl.N[C@@H](C(=O)N1CCCC1)[C@@H](O)c1ccsc1.S. The summed E-state index contributed by atoms with van der Waals surface area (Å²) >= 11 is 1.49. The largest absolute Gasteiger partial charge is 0.386 e. The standard InChI is InChI=1S/C11H16N2O2S.CH4.ClH.H2S/c12-9(10(14)8-3-6-16-7-8)11(15)13-4-1-2-5-13;;;/h3,6-7,9-10,14H,1-2,4-5,12H2;1H4;1H;1H2/t9-,10+;;;/m1.../s1. The number of halogens is 1. The summed E-state index contributed by atoms with van der Waals surface area (Å²) in [6.45, 7) is 1.53. The minimum Gasteiger partial charge on any atom is -0.386 e. The molecule has 2 heterocycles. The molecule has 19 heavy (non-hydrogen) atoms. The summed E-state index contributed by atoms with van der Waals surface area (Å²) in [7, 11) is 0. The molecule has 2 rings (SSSR count). The number of aliphatic hydroxyl groups excluding tert-OH is 1. The van der Waals surface area contributed by atoms with E-state index in [1.165, 1.54) is 11.3 Å². The van der Waals surface area contributed by atoms with E-state index in [0.717, 1.165) is 31.5 Å². The van der Waals surface area contributed by atoms with Crippen LogP contribution < -0.4 is 5.73 Å². The van der Waals surface area contributed by atoms with E-state index in [1.54, 1.807) is 11.0 Å². The molecule has 4 nitrogen and oxygen atoms in total. The van der Waals surface area contributed by atoms with Crippen LogP contribution >= 0.6 is 37.2 Å². The average Bonchev–Trinajstić information content (AvgIpc) is 2.97. The molecule has 0 saturated carbocycles. The van der Waals surface area contributed by atoms with Crippen LogP contribution in [-0.4, -0.2) is 35.0 Å². The molecule has 0 unspecified atom stereocenters. The van der Waals surface area contributed by atoms with Crippen LogP contribution in [0.25, 0.3) is 0 Å². The van der Waals surface area contributed by atoms with Gasteiger partial charge in [-0.05, 0) is 35.2 Å². The van der Waals surface area contributed by atoms with E-state index < -0.39 is 12.1 Å². The van der Waals surface area contributed by atoms with E-state index in [9.17, 15) is 9.90 Å². The van der Waals surface area contributed by atoms with Crippen LogP contribution in [0.2, 0.25) is 0 Å². The first-order valence-electron chi connectivity index (χ1n) is 5.44. The Hall–Kier alpha value is -0.270. The van der Waals surface area contributed by atoms with Crippen molar-refractivity contribution in [2.75, 3.05) is 13.1 Å². The molecule has 1 aromatic heterocycles. The lowest BCUT2D eigenvalue weighted by atomic mass is 10.1. The van der Waals surface area contributed by atoms with E-state index in [0.29, 0.717) is 0 Å². The van der Waals surface area contributed by atoms with Crippen LogP contribution in [0.3, 0.4) is 0 Å². The maximum atomic E-state index is 11.9. The monoisotopic (exact) mass is 326 g/mol. The van der Waals surface area contributed by atoms with Gasteiger partial charge in [0.05, 0.1) is 0 Å². The highest BCUT2D eigenvalue weighted by Gasteiger charge is 2.29. The molecular formula is C12H23ClN2O2S2. The molecule has 0 bridgehead atoms. The van der Waals surface area contributed by atoms with Crippen LogP contribution in [-0.2, 0) is 4.79 Å². The van der Waals surface area contributed by atoms with E-state index >= 15 is 0 Å². The zero-order valence-electron chi connectivity index (χ0n) is 9.91. The molecule has 2 atom stereocenters. The Morgan fingerprint density at radius 2 is 2.00 bits per heavy atom. The Bertz CT molecular complexity index is 357. The lowest BCUT2D eigenvalue weighted by Crippen LogP contribution is -2.45. The Labute approximate surface area is 131 Å². The molecule has 1 fully saturated rings. The van der Waals surface area contributed by atoms with E-state index in [-0.39, 0.29) is 39.2 Å². The Kier molecular flexibility index (Phi) is 10.6. The Balaban J connectivity index is 0. The maximum Gasteiger partial charge on any atom is 0.242 e. The van der Waals surface area contributed by atoms with Crippen LogP contribution in [0.15, 0.2) is 16.8 Å². The molecule has 0 spiro atoms. The fraction of sp³-hybridized carbons (Fsp3) is 0.583. The molecule has 1 saturated heterocycles. The topological polar surface area (TPSA) is 66.6 Å². The van der Waals surface area contributed by atoms with Crippen LogP contribution in [0.5, 0.6) is 0 Å². The predicted octanol–water partition coefficient (Wildman–Crippen LogP) is 1.90. The number of amides is 1. The first kappa shape index (κ1) is 21.0. The summed E-state index contributed by atoms with van der Waals surface area (Å²) in [6.07, 6.45) is 1.18. The Morgan fingerprint density at radius 1 is 1.42 bits per heavy atom. The number of aliphatic hydroxyl groups is 1. The molecule has 1 aliphatic rings. The van der Waals surface area contributed by atoms with Gasteiger partial charge < -0.3 is 15.7 Å². The maximum absolute atomic E-state index is 11.9. The van der Waals surface area contributed by atoms with Crippen molar-refractivity contribution in [3.63, 3.8) is 0 Å². The van der Waals surface area contributed by atoms with Crippen molar-refractivity contribution < 1.29 is 9.90 Å². The normalized spacial score (nSPS) is 16.6. The first-order valence-corrected chi connectivity index (χ1v) is 6.39. The molecule has 112 valence electrons. The summed E-state index contributed by atoms with van der Waals surface area (Å²) in [5.74, 6) is -0.142. The Morgan fingerprint density at radius 3 is 2.47 bits per heavy atom. The minimum atomic E-state index is -0.889. The minimum absolute atomic E-state index is 0. The first-order chi connectivity index (χ1) is 7.70. The van der Waals surface area contributed by atoms with Crippen LogP contribution in [0.4, 0.5) is 0 Å². The summed E-state index contributed by atoms with van der Waals surface area (Å²) < 4.78 is 0. The van der Waals surface area contributed by atoms with Gasteiger partial charge in [0.1, 0.15) is 12.1 Å². The number of rotatable bonds is 3. The van der Waals surface area contributed by atoms with E-state index in [2.05, 4.69) is 0 Å². The molecule has 0 aromatic carbocycles. The number of thiophene rings is 1.